The Kier molecular flexibility index (Phi) is 8.16. The second kappa shape index (κ2) is 10.9. The molecule has 27 heavy (non-hydrogen) atoms. The van der Waals surface area contributed by atoms with Crippen LogP contribution in [-0.2, 0) is 0 Å². The molecule has 0 aliphatic carbocycles. The summed E-state index contributed by atoms with van der Waals surface area (Å²) in [6.07, 6.45) is 1.79. The molecule has 0 spiro atoms. The molecule has 0 fully saturated rings. The van der Waals surface area contributed by atoms with Crippen molar-refractivity contribution in [2.24, 2.45) is 10.3 Å². The van der Waals surface area contributed by atoms with Crippen molar-refractivity contribution in [3.8, 4) is 11.5 Å². The summed E-state index contributed by atoms with van der Waals surface area (Å²) in [6.45, 7) is 5.07. The van der Waals surface area contributed by atoms with Crippen molar-refractivity contribution in [1.82, 2.24) is 0 Å². The van der Waals surface area contributed by atoms with Crippen LogP contribution >= 0.6 is 0 Å². The lowest BCUT2D eigenvalue weighted by Crippen LogP contribution is -2.06. The molecule has 0 aromatic heterocycles. The van der Waals surface area contributed by atoms with E-state index in [-0.39, 0.29) is 0 Å². The molecule has 0 aliphatic rings. The fourth-order valence-corrected chi connectivity index (χ4v) is 2.75. The second-order valence-electron chi connectivity index (χ2n) is 5.86. The Balaban J connectivity index is 1.93. The van der Waals surface area contributed by atoms with Crippen LogP contribution in [0.15, 0.2) is 58.8 Å². The lowest BCUT2D eigenvalue weighted by molar-refractivity contribution is 0.317. The molecule has 0 unspecified atom stereocenters. The molecule has 6 heteroatoms. The van der Waals surface area contributed by atoms with Gasteiger partial charge in [0.2, 0.25) is 0 Å². The molecule has 144 valence electrons. The van der Waals surface area contributed by atoms with E-state index in [1.54, 1.807) is 0 Å². The van der Waals surface area contributed by atoms with Gasteiger partial charge >= 0.3 is 0 Å². The monoisotopic (exact) mass is 370 g/mol. The molecule has 0 amide bonds. The maximum absolute atomic E-state index is 9.34. The van der Waals surface area contributed by atoms with E-state index < -0.39 is 0 Å². The van der Waals surface area contributed by atoms with E-state index in [0.29, 0.717) is 43.9 Å². The molecule has 0 aliphatic heterocycles. The predicted octanol–water partition coefficient (Wildman–Crippen LogP) is 4.71. The highest BCUT2D eigenvalue weighted by Gasteiger charge is 2.09. The predicted molar refractivity (Wildman–Crippen MR) is 106 cm³/mol. The number of nitrogens with zero attached hydrogens (tertiary/aromatic N) is 2. The minimum Gasteiger partial charge on any atom is -0.494 e. The molecule has 2 aromatic carbocycles. The van der Waals surface area contributed by atoms with Gasteiger partial charge in [-0.2, -0.15) is 0 Å². The molecular formula is C21H26N2O4. The maximum atomic E-state index is 9.34. The highest BCUT2D eigenvalue weighted by Crippen LogP contribution is 2.17. The fraction of sp³-hybridized carbons (Fsp3) is 0.333. The minimum atomic E-state index is 0.556. The zero-order chi connectivity index (χ0) is 19.5. The van der Waals surface area contributed by atoms with Crippen LogP contribution < -0.4 is 9.47 Å². The molecule has 0 heterocycles. The number of hydrogen-bond donors (Lipinski definition) is 2. The molecule has 0 saturated carbocycles. The van der Waals surface area contributed by atoms with E-state index >= 15 is 0 Å². The largest absolute Gasteiger partial charge is 0.494 e. The number of benzene rings is 2. The van der Waals surface area contributed by atoms with Gasteiger partial charge in [0.05, 0.1) is 24.6 Å². The molecule has 2 N–H and O–H groups in total. The average molecular weight is 370 g/mol. The Hall–Kier alpha value is -3.02. The van der Waals surface area contributed by atoms with Crippen molar-refractivity contribution < 1.29 is 19.9 Å². The number of oxime groups is 2. The van der Waals surface area contributed by atoms with E-state index in [1.165, 1.54) is 0 Å². The molecule has 0 atom stereocenters. The SMILES string of the molecule is CCOc1ccc(/C(CCC/C(=N\O)c2ccc(OCC)cc2)=N\O)cc1. The van der Waals surface area contributed by atoms with Crippen LogP contribution in [0.3, 0.4) is 0 Å². The van der Waals surface area contributed by atoms with Crippen LogP contribution in [0.5, 0.6) is 11.5 Å². The quantitative estimate of drug-likeness (QED) is 0.360. The number of rotatable bonds is 10. The first-order chi connectivity index (χ1) is 13.2. The summed E-state index contributed by atoms with van der Waals surface area (Å²) in [7, 11) is 0. The summed E-state index contributed by atoms with van der Waals surface area (Å²) in [4.78, 5) is 0. The van der Waals surface area contributed by atoms with Crippen LogP contribution in [-0.4, -0.2) is 35.1 Å². The first kappa shape index (κ1) is 20.3. The van der Waals surface area contributed by atoms with Gasteiger partial charge in [0.1, 0.15) is 11.5 Å². The summed E-state index contributed by atoms with van der Waals surface area (Å²) < 4.78 is 10.8. The Labute approximate surface area is 159 Å². The zero-order valence-electron chi connectivity index (χ0n) is 15.8. The van der Waals surface area contributed by atoms with Crippen LogP contribution in [0.1, 0.15) is 44.2 Å². The normalized spacial score (nSPS) is 12.1. The Morgan fingerprint density at radius 2 is 1.07 bits per heavy atom. The summed E-state index contributed by atoms with van der Waals surface area (Å²) in [5.74, 6) is 1.56. The number of ether oxygens (including phenoxy) is 2. The molecule has 2 rings (SSSR count). The van der Waals surface area contributed by atoms with Gasteiger partial charge in [0.25, 0.3) is 0 Å². The molecular weight excluding hydrogens is 344 g/mol. The molecule has 6 nitrogen and oxygen atoms in total. The van der Waals surface area contributed by atoms with E-state index in [0.717, 1.165) is 22.6 Å². The Bertz CT molecular complexity index is 687. The summed E-state index contributed by atoms with van der Waals surface area (Å²) in [6, 6.07) is 14.9. The molecule has 0 radical (unpaired) electrons. The van der Waals surface area contributed by atoms with Crippen molar-refractivity contribution in [3.63, 3.8) is 0 Å². The summed E-state index contributed by atoms with van der Waals surface area (Å²) in [5, 5.41) is 25.5. The van der Waals surface area contributed by atoms with Crippen LogP contribution in [0.4, 0.5) is 0 Å². The van der Waals surface area contributed by atoms with Gasteiger partial charge < -0.3 is 19.9 Å². The summed E-state index contributed by atoms with van der Waals surface area (Å²) >= 11 is 0. The van der Waals surface area contributed by atoms with Crippen molar-refractivity contribution in [3.05, 3.63) is 59.7 Å². The van der Waals surface area contributed by atoms with Crippen LogP contribution in [0.2, 0.25) is 0 Å². The Morgan fingerprint density at radius 3 is 1.37 bits per heavy atom. The van der Waals surface area contributed by atoms with Crippen molar-refractivity contribution >= 4 is 11.4 Å². The third kappa shape index (κ3) is 6.02. The smallest absolute Gasteiger partial charge is 0.119 e. The highest BCUT2D eigenvalue weighted by molar-refractivity contribution is 6.02. The van der Waals surface area contributed by atoms with Crippen LogP contribution in [0.25, 0.3) is 0 Å². The molecule has 0 saturated heterocycles. The van der Waals surface area contributed by atoms with E-state index in [2.05, 4.69) is 10.3 Å². The lowest BCUT2D eigenvalue weighted by Gasteiger charge is -2.09. The van der Waals surface area contributed by atoms with E-state index in [4.69, 9.17) is 9.47 Å². The van der Waals surface area contributed by atoms with Gasteiger partial charge in [-0.3, -0.25) is 0 Å². The van der Waals surface area contributed by atoms with Gasteiger partial charge in [-0.15, -0.1) is 0 Å². The van der Waals surface area contributed by atoms with Gasteiger partial charge in [-0.05, 0) is 92.8 Å². The standard InChI is InChI=1S/C21H26N2O4/c1-3-26-18-12-8-16(9-13-18)20(22-24)6-5-7-21(23-25)17-10-14-19(15-11-17)27-4-2/h8-15,24-25H,3-7H2,1-2H3/b22-20-,23-21+. The van der Waals surface area contributed by atoms with Crippen molar-refractivity contribution in [1.29, 1.82) is 0 Å². The van der Waals surface area contributed by atoms with Gasteiger partial charge in [0, 0.05) is 0 Å². The fourth-order valence-electron chi connectivity index (χ4n) is 2.75. The third-order valence-corrected chi connectivity index (χ3v) is 4.07. The first-order valence-electron chi connectivity index (χ1n) is 9.10. The maximum Gasteiger partial charge on any atom is 0.119 e. The zero-order valence-corrected chi connectivity index (χ0v) is 15.8. The Morgan fingerprint density at radius 1 is 0.704 bits per heavy atom. The average Bonchev–Trinajstić information content (AvgIpc) is 2.70. The van der Waals surface area contributed by atoms with Gasteiger partial charge in [-0.1, -0.05) is 10.3 Å². The minimum absolute atomic E-state index is 0.556. The first-order valence-corrected chi connectivity index (χ1v) is 9.10. The van der Waals surface area contributed by atoms with Gasteiger partial charge in [-0.25, -0.2) is 0 Å². The molecule has 0 bridgehead atoms. The van der Waals surface area contributed by atoms with Crippen LogP contribution in [0, 0.1) is 0 Å². The topological polar surface area (TPSA) is 83.6 Å². The third-order valence-electron chi connectivity index (χ3n) is 4.07. The van der Waals surface area contributed by atoms with E-state index in [9.17, 15) is 10.4 Å². The number of hydrogen-bond acceptors (Lipinski definition) is 6. The molecule has 2 aromatic rings. The highest BCUT2D eigenvalue weighted by atomic mass is 16.5. The lowest BCUT2D eigenvalue weighted by atomic mass is 10.0. The van der Waals surface area contributed by atoms with E-state index in [1.807, 2.05) is 62.4 Å². The van der Waals surface area contributed by atoms with Crippen molar-refractivity contribution in [2.45, 2.75) is 33.1 Å². The summed E-state index contributed by atoms with van der Waals surface area (Å²) in [5.41, 5.74) is 2.85. The second-order valence-corrected chi connectivity index (χ2v) is 5.86. The van der Waals surface area contributed by atoms with Gasteiger partial charge in [0.15, 0.2) is 0 Å². The van der Waals surface area contributed by atoms with Crippen molar-refractivity contribution in [2.75, 3.05) is 13.2 Å².